The van der Waals surface area contributed by atoms with Gasteiger partial charge in [-0.2, -0.15) is 0 Å². The molecule has 1 aromatic rings. The van der Waals surface area contributed by atoms with Crippen LogP contribution in [0.25, 0.3) is 0 Å². The van der Waals surface area contributed by atoms with Gasteiger partial charge in [-0.1, -0.05) is 0 Å². The molecule has 1 amide bonds. The SMILES string of the molecule is O=C(c1ccc(CO)o1)N1CCN(CC2CC2)[C@@H]2CS(=O)(=O)C[C@@H]21. The molecular formula is C16H22N2O5S. The zero-order valence-corrected chi connectivity index (χ0v) is 14.2. The lowest BCUT2D eigenvalue weighted by molar-refractivity contribution is 0.0291. The van der Waals surface area contributed by atoms with Crippen LogP contribution in [0.3, 0.4) is 0 Å². The van der Waals surface area contributed by atoms with Gasteiger partial charge in [0.25, 0.3) is 5.91 Å². The van der Waals surface area contributed by atoms with E-state index in [1.54, 1.807) is 17.0 Å². The van der Waals surface area contributed by atoms with Crippen molar-refractivity contribution in [2.75, 3.05) is 31.1 Å². The molecule has 1 saturated carbocycles. The van der Waals surface area contributed by atoms with Crippen molar-refractivity contribution in [3.8, 4) is 0 Å². The number of furan rings is 1. The topological polar surface area (TPSA) is 91.1 Å². The number of aliphatic hydroxyl groups is 1. The van der Waals surface area contributed by atoms with E-state index in [0.717, 1.165) is 6.54 Å². The molecule has 3 fully saturated rings. The van der Waals surface area contributed by atoms with Crippen LogP contribution in [0.2, 0.25) is 0 Å². The van der Waals surface area contributed by atoms with Crippen LogP contribution < -0.4 is 0 Å². The minimum atomic E-state index is -3.13. The van der Waals surface area contributed by atoms with E-state index < -0.39 is 9.84 Å². The molecule has 0 aromatic carbocycles. The first kappa shape index (κ1) is 16.1. The summed E-state index contributed by atoms with van der Waals surface area (Å²) in [6.45, 7) is 1.89. The summed E-state index contributed by atoms with van der Waals surface area (Å²) < 4.78 is 29.7. The Morgan fingerprint density at radius 1 is 1.21 bits per heavy atom. The molecule has 1 aromatic heterocycles. The summed E-state index contributed by atoms with van der Waals surface area (Å²) in [4.78, 5) is 16.7. The fourth-order valence-corrected chi connectivity index (χ4v) is 5.87. The maximum Gasteiger partial charge on any atom is 0.289 e. The van der Waals surface area contributed by atoms with Crippen molar-refractivity contribution in [2.45, 2.75) is 31.5 Å². The number of fused-ring (bicyclic) bond motifs is 1. The number of amides is 1. The Balaban J connectivity index is 1.56. The summed E-state index contributed by atoms with van der Waals surface area (Å²) in [6.07, 6.45) is 2.44. The lowest BCUT2D eigenvalue weighted by Gasteiger charge is -2.43. The summed E-state index contributed by atoms with van der Waals surface area (Å²) in [5.74, 6) is 1.06. The Morgan fingerprint density at radius 2 is 1.96 bits per heavy atom. The maximum atomic E-state index is 12.8. The summed E-state index contributed by atoms with van der Waals surface area (Å²) in [6, 6.07) is 2.70. The van der Waals surface area contributed by atoms with Gasteiger partial charge in [0.15, 0.2) is 15.6 Å². The van der Waals surface area contributed by atoms with Crippen molar-refractivity contribution in [3.05, 3.63) is 23.7 Å². The van der Waals surface area contributed by atoms with Gasteiger partial charge in [0.2, 0.25) is 0 Å². The van der Waals surface area contributed by atoms with E-state index in [9.17, 15) is 13.2 Å². The van der Waals surface area contributed by atoms with Gasteiger partial charge in [0.1, 0.15) is 12.4 Å². The predicted molar refractivity (Wildman–Crippen MR) is 86.2 cm³/mol. The van der Waals surface area contributed by atoms with Gasteiger partial charge in [-0.05, 0) is 30.9 Å². The smallest absolute Gasteiger partial charge is 0.289 e. The Morgan fingerprint density at radius 3 is 2.62 bits per heavy atom. The quantitative estimate of drug-likeness (QED) is 0.825. The van der Waals surface area contributed by atoms with Gasteiger partial charge >= 0.3 is 0 Å². The number of rotatable bonds is 4. The first-order chi connectivity index (χ1) is 11.5. The zero-order valence-electron chi connectivity index (χ0n) is 13.4. The van der Waals surface area contributed by atoms with Crippen molar-refractivity contribution in [2.24, 2.45) is 5.92 Å². The Kier molecular flexibility index (Phi) is 3.93. The van der Waals surface area contributed by atoms with Crippen LogP contribution >= 0.6 is 0 Å². The van der Waals surface area contributed by atoms with Crippen LogP contribution in [-0.4, -0.2) is 72.5 Å². The molecule has 4 rings (SSSR count). The van der Waals surface area contributed by atoms with Gasteiger partial charge in [0, 0.05) is 25.7 Å². The Hall–Kier alpha value is -1.38. The zero-order chi connectivity index (χ0) is 16.9. The molecule has 0 bridgehead atoms. The Labute approximate surface area is 141 Å². The van der Waals surface area contributed by atoms with Gasteiger partial charge in [-0.25, -0.2) is 8.42 Å². The molecule has 3 aliphatic rings. The van der Waals surface area contributed by atoms with E-state index in [4.69, 9.17) is 9.52 Å². The molecular weight excluding hydrogens is 332 g/mol. The van der Waals surface area contributed by atoms with E-state index >= 15 is 0 Å². The molecule has 7 nitrogen and oxygen atoms in total. The molecule has 0 spiro atoms. The number of nitrogens with zero attached hydrogens (tertiary/aromatic N) is 2. The number of carbonyl (C=O) groups is 1. The average molecular weight is 354 g/mol. The largest absolute Gasteiger partial charge is 0.453 e. The predicted octanol–water partition coefficient (Wildman–Crippen LogP) is 0.105. The number of carbonyl (C=O) groups excluding carboxylic acids is 1. The number of aliphatic hydroxyl groups excluding tert-OH is 1. The fraction of sp³-hybridized carbons (Fsp3) is 0.688. The van der Waals surface area contributed by atoms with Gasteiger partial charge in [-0.3, -0.25) is 9.69 Å². The number of sulfone groups is 1. The second kappa shape index (κ2) is 5.86. The Bertz CT molecular complexity index is 739. The molecule has 3 heterocycles. The van der Waals surface area contributed by atoms with E-state index in [0.29, 0.717) is 24.8 Å². The van der Waals surface area contributed by atoms with Crippen molar-refractivity contribution in [1.82, 2.24) is 9.80 Å². The second-order valence-corrected chi connectivity index (χ2v) is 9.23. The van der Waals surface area contributed by atoms with Gasteiger partial charge in [-0.15, -0.1) is 0 Å². The summed E-state index contributed by atoms with van der Waals surface area (Å²) in [7, 11) is -3.13. The molecule has 0 radical (unpaired) electrons. The molecule has 24 heavy (non-hydrogen) atoms. The summed E-state index contributed by atoms with van der Waals surface area (Å²) >= 11 is 0. The highest BCUT2D eigenvalue weighted by atomic mass is 32.2. The maximum absolute atomic E-state index is 12.8. The lowest BCUT2D eigenvalue weighted by Crippen LogP contribution is -2.60. The highest BCUT2D eigenvalue weighted by Crippen LogP contribution is 2.34. The second-order valence-electron chi connectivity index (χ2n) is 7.07. The van der Waals surface area contributed by atoms with Crippen LogP contribution in [0, 0.1) is 5.92 Å². The van der Waals surface area contributed by atoms with Crippen LogP contribution in [0.4, 0.5) is 0 Å². The lowest BCUT2D eigenvalue weighted by atomic mass is 10.0. The van der Waals surface area contributed by atoms with Crippen molar-refractivity contribution < 1.29 is 22.7 Å². The third-order valence-electron chi connectivity index (χ3n) is 5.27. The van der Waals surface area contributed by atoms with Gasteiger partial charge < -0.3 is 14.4 Å². The molecule has 1 N–H and O–H groups in total. The van der Waals surface area contributed by atoms with E-state index in [-0.39, 0.29) is 41.9 Å². The minimum absolute atomic E-state index is 0.0259. The molecule has 1 aliphatic carbocycles. The van der Waals surface area contributed by atoms with Crippen LogP contribution in [0.1, 0.15) is 29.2 Å². The van der Waals surface area contributed by atoms with E-state index in [1.807, 2.05) is 0 Å². The van der Waals surface area contributed by atoms with Crippen LogP contribution in [0.15, 0.2) is 16.5 Å². The van der Waals surface area contributed by atoms with E-state index in [1.165, 1.54) is 12.8 Å². The molecule has 2 saturated heterocycles. The molecule has 2 aliphatic heterocycles. The molecule has 8 heteroatoms. The standard InChI is InChI=1S/C16H22N2O5S/c19-8-12-3-4-15(23-12)16(20)18-6-5-17(7-11-1-2-11)13-9-24(21,22)10-14(13)18/h3-4,11,13-14,19H,1-2,5-10H2/t13-,14+/m1/s1. The van der Waals surface area contributed by atoms with Crippen LogP contribution in [0.5, 0.6) is 0 Å². The van der Waals surface area contributed by atoms with Crippen molar-refractivity contribution >= 4 is 15.7 Å². The fourth-order valence-electron chi connectivity index (χ4n) is 3.86. The molecule has 0 unspecified atom stereocenters. The third kappa shape index (κ3) is 2.98. The van der Waals surface area contributed by atoms with Crippen molar-refractivity contribution in [3.63, 3.8) is 0 Å². The molecule has 2 atom stereocenters. The highest BCUT2D eigenvalue weighted by Gasteiger charge is 2.49. The third-order valence-corrected chi connectivity index (χ3v) is 6.97. The average Bonchev–Trinajstić information content (AvgIpc) is 3.10. The molecule has 132 valence electrons. The summed E-state index contributed by atoms with van der Waals surface area (Å²) in [5, 5.41) is 9.08. The number of piperazine rings is 1. The summed E-state index contributed by atoms with van der Waals surface area (Å²) in [5.41, 5.74) is 0. The number of hydrogen-bond acceptors (Lipinski definition) is 6. The first-order valence-electron chi connectivity index (χ1n) is 8.42. The number of hydrogen-bond donors (Lipinski definition) is 1. The van der Waals surface area contributed by atoms with Crippen molar-refractivity contribution in [1.29, 1.82) is 0 Å². The van der Waals surface area contributed by atoms with E-state index in [2.05, 4.69) is 4.90 Å². The highest BCUT2D eigenvalue weighted by molar-refractivity contribution is 7.91. The van der Waals surface area contributed by atoms with Crippen LogP contribution in [-0.2, 0) is 16.4 Å². The van der Waals surface area contributed by atoms with Gasteiger partial charge in [0.05, 0.1) is 17.5 Å². The minimum Gasteiger partial charge on any atom is -0.453 e. The normalized spacial score (nSPS) is 29.6. The first-order valence-corrected chi connectivity index (χ1v) is 10.2. The monoisotopic (exact) mass is 354 g/mol.